The first-order valence-corrected chi connectivity index (χ1v) is 7.22. The normalized spacial score (nSPS) is 15.7. The predicted molar refractivity (Wildman–Crippen MR) is 78.8 cm³/mol. The Morgan fingerprint density at radius 3 is 2.76 bits per heavy atom. The van der Waals surface area contributed by atoms with Gasteiger partial charge in [-0.3, -0.25) is 0 Å². The van der Waals surface area contributed by atoms with Crippen molar-refractivity contribution in [3.63, 3.8) is 0 Å². The van der Waals surface area contributed by atoms with Gasteiger partial charge in [0.25, 0.3) is 0 Å². The Labute approximate surface area is 124 Å². The van der Waals surface area contributed by atoms with Crippen molar-refractivity contribution in [2.75, 3.05) is 7.11 Å². The van der Waals surface area contributed by atoms with Crippen molar-refractivity contribution in [3.05, 3.63) is 59.5 Å². The van der Waals surface area contributed by atoms with Crippen LogP contribution in [0.5, 0.6) is 0 Å². The van der Waals surface area contributed by atoms with E-state index in [1.807, 2.05) is 12.1 Å². The predicted octanol–water partition coefficient (Wildman–Crippen LogP) is 3.31. The molecule has 1 saturated carbocycles. The average Bonchev–Trinajstić information content (AvgIpc) is 3.25. The van der Waals surface area contributed by atoms with Crippen LogP contribution in [0, 0.1) is 5.92 Å². The van der Waals surface area contributed by atoms with E-state index in [1.165, 1.54) is 31.8 Å². The van der Waals surface area contributed by atoms with Gasteiger partial charge in [0, 0.05) is 18.2 Å². The number of benzene rings is 1. The lowest BCUT2D eigenvalue weighted by molar-refractivity contribution is 0.0563. The van der Waals surface area contributed by atoms with Crippen LogP contribution in [0.25, 0.3) is 0 Å². The van der Waals surface area contributed by atoms with Gasteiger partial charge in [0.15, 0.2) is 0 Å². The van der Waals surface area contributed by atoms with Gasteiger partial charge in [-0.2, -0.15) is 0 Å². The largest absolute Gasteiger partial charge is 0.463 e. The van der Waals surface area contributed by atoms with Crippen molar-refractivity contribution in [1.29, 1.82) is 0 Å². The first kappa shape index (κ1) is 13.9. The SMILES string of the molecule is COC(=O)c1occc1CNC(c1ccccc1)C1CC1. The van der Waals surface area contributed by atoms with Crippen LogP contribution in [0.15, 0.2) is 47.1 Å². The Bertz CT molecular complexity index is 602. The van der Waals surface area contributed by atoms with E-state index in [0.717, 1.165) is 5.56 Å². The highest BCUT2D eigenvalue weighted by atomic mass is 16.5. The molecule has 1 aliphatic carbocycles. The van der Waals surface area contributed by atoms with Crippen molar-refractivity contribution in [2.45, 2.75) is 25.4 Å². The lowest BCUT2D eigenvalue weighted by Gasteiger charge is -2.18. The van der Waals surface area contributed by atoms with E-state index in [1.54, 1.807) is 0 Å². The number of hydrogen-bond donors (Lipinski definition) is 1. The lowest BCUT2D eigenvalue weighted by Crippen LogP contribution is -2.23. The summed E-state index contributed by atoms with van der Waals surface area (Å²) in [5, 5.41) is 3.55. The fraction of sp³-hybridized carbons (Fsp3) is 0.353. The van der Waals surface area contributed by atoms with Gasteiger partial charge in [0.2, 0.25) is 5.76 Å². The van der Waals surface area contributed by atoms with E-state index >= 15 is 0 Å². The topological polar surface area (TPSA) is 51.5 Å². The summed E-state index contributed by atoms with van der Waals surface area (Å²) in [6.45, 7) is 0.594. The average molecular weight is 285 g/mol. The summed E-state index contributed by atoms with van der Waals surface area (Å²) >= 11 is 0. The van der Waals surface area contributed by atoms with Gasteiger partial charge in [-0.15, -0.1) is 0 Å². The summed E-state index contributed by atoms with van der Waals surface area (Å²) in [4.78, 5) is 11.6. The third-order valence-corrected chi connectivity index (χ3v) is 3.88. The van der Waals surface area contributed by atoms with Gasteiger partial charge in [-0.25, -0.2) is 4.79 Å². The van der Waals surface area contributed by atoms with E-state index < -0.39 is 5.97 Å². The van der Waals surface area contributed by atoms with Crippen molar-refractivity contribution >= 4 is 5.97 Å². The van der Waals surface area contributed by atoms with E-state index in [9.17, 15) is 4.79 Å². The third-order valence-electron chi connectivity index (χ3n) is 3.88. The molecule has 0 amide bonds. The number of nitrogens with one attached hydrogen (secondary N) is 1. The van der Waals surface area contributed by atoms with Crippen molar-refractivity contribution < 1.29 is 13.9 Å². The minimum absolute atomic E-state index is 0.285. The highest BCUT2D eigenvalue weighted by Crippen LogP contribution is 2.41. The highest BCUT2D eigenvalue weighted by molar-refractivity contribution is 5.87. The smallest absolute Gasteiger partial charge is 0.374 e. The Morgan fingerprint density at radius 1 is 1.33 bits per heavy atom. The van der Waals surface area contributed by atoms with Gasteiger partial charge in [-0.1, -0.05) is 30.3 Å². The molecule has 2 aromatic rings. The lowest BCUT2D eigenvalue weighted by atomic mass is 10.0. The zero-order valence-corrected chi connectivity index (χ0v) is 12.0. The van der Waals surface area contributed by atoms with E-state index in [4.69, 9.17) is 9.15 Å². The zero-order chi connectivity index (χ0) is 14.7. The summed E-state index contributed by atoms with van der Waals surface area (Å²) in [6, 6.07) is 12.6. The molecular formula is C17H19NO3. The number of rotatable bonds is 6. The third kappa shape index (κ3) is 3.16. The highest BCUT2D eigenvalue weighted by Gasteiger charge is 2.32. The summed E-state index contributed by atoms with van der Waals surface area (Å²) < 4.78 is 9.94. The summed E-state index contributed by atoms with van der Waals surface area (Å²) in [6.07, 6.45) is 4.03. The molecule has 0 bridgehead atoms. The minimum Gasteiger partial charge on any atom is -0.463 e. The van der Waals surface area contributed by atoms with E-state index in [0.29, 0.717) is 18.5 Å². The van der Waals surface area contributed by atoms with Crippen molar-refractivity contribution in [2.24, 2.45) is 5.92 Å². The molecule has 0 saturated heterocycles. The molecule has 1 aromatic carbocycles. The zero-order valence-electron chi connectivity index (χ0n) is 12.0. The van der Waals surface area contributed by atoms with Crippen molar-refractivity contribution in [3.8, 4) is 0 Å². The minimum atomic E-state index is -0.431. The van der Waals surface area contributed by atoms with Gasteiger partial charge in [0.1, 0.15) is 0 Å². The van der Waals surface area contributed by atoms with Crippen LogP contribution in [0.4, 0.5) is 0 Å². The van der Waals surface area contributed by atoms with Crippen LogP contribution in [0.2, 0.25) is 0 Å². The quantitative estimate of drug-likeness (QED) is 0.827. The summed E-state index contributed by atoms with van der Waals surface area (Å²) in [5.41, 5.74) is 2.13. The number of carbonyl (C=O) groups excluding carboxylic acids is 1. The molecule has 1 aliphatic rings. The number of hydrogen-bond acceptors (Lipinski definition) is 4. The molecule has 4 heteroatoms. The number of esters is 1. The molecule has 1 fully saturated rings. The van der Waals surface area contributed by atoms with Gasteiger partial charge in [0.05, 0.1) is 13.4 Å². The van der Waals surface area contributed by atoms with Crippen LogP contribution in [0.1, 0.15) is 40.6 Å². The molecule has 0 radical (unpaired) electrons. The van der Waals surface area contributed by atoms with Crippen LogP contribution < -0.4 is 5.32 Å². The first-order valence-electron chi connectivity index (χ1n) is 7.22. The number of carbonyl (C=O) groups is 1. The summed E-state index contributed by atoms with van der Waals surface area (Å²) in [5.74, 6) is 0.535. The van der Waals surface area contributed by atoms with E-state index in [2.05, 4.69) is 29.6 Å². The monoisotopic (exact) mass is 285 g/mol. The maximum atomic E-state index is 11.6. The van der Waals surface area contributed by atoms with Gasteiger partial charge >= 0.3 is 5.97 Å². The molecule has 1 heterocycles. The molecule has 0 spiro atoms. The molecule has 0 aliphatic heterocycles. The molecular weight excluding hydrogens is 266 g/mol. The first-order chi connectivity index (χ1) is 10.3. The summed E-state index contributed by atoms with van der Waals surface area (Å²) in [7, 11) is 1.36. The van der Waals surface area contributed by atoms with Crippen LogP contribution in [-0.4, -0.2) is 13.1 Å². The second-order valence-electron chi connectivity index (χ2n) is 5.37. The Balaban J connectivity index is 1.71. The number of methoxy groups -OCH3 is 1. The molecule has 110 valence electrons. The fourth-order valence-electron chi connectivity index (χ4n) is 2.61. The fourth-order valence-corrected chi connectivity index (χ4v) is 2.61. The van der Waals surface area contributed by atoms with Crippen molar-refractivity contribution in [1.82, 2.24) is 5.32 Å². The van der Waals surface area contributed by atoms with Crippen LogP contribution in [-0.2, 0) is 11.3 Å². The standard InChI is InChI=1S/C17H19NO3/c1-20-17(19)16-14(9-10-21-16)11-18-15(13-7-8-13)12-5-3-2-4-6-12/h2-6,9-10,13,15,18H,7-8,11H2,1H3. The molecule has 4 nitrogen and oxygen atoms in total. The van der Waals surface area contributed by atoms with Crippen LogP contribution in [0.3, 0.4) is 0 Å². The molecule has 1 atom stereocenters. The molecule has 21 heavy (non-hydrogen) atoms. The van der Waals surface area contributed by atoms with Crippen LogP contribution >= 0.6 is 0 Å². The van der Waals surface area contributed by atoms with E-state index in [-0.39, 0.29) is 5.76 Å². The number of ether oxygens (including phenoxy) is 1. The maximum absolute atomic E-state index is 11.6. The Kier molecular flexibility index (Phi) is 4.06. The maximum Gasteiger partial charge on any atom is 0.374 e. The second-order valence-corrected chi connectivity index (χ2v) is 5.37. The molecule has 1 aromatic heterocycles. The molecule has 3 rings (SSSR count). The Morgan fingerprint density at radius 2 is 2.10 bits per heavy atom. The Hall–Kier alpha value is -2.07. The van der Waals surface area contributed by atoms with Gasteiger partial charge < -0.3 is 14.5 Å². The molecule has 1 N–H and O–H groups in total. The second kappa shape index (κ2) is 6.14. The molecule has 1 unspecified atom stereocenters. The number of furan rings is 1. The van der Waals surface area contributed by atoms with Gasteiger partial charge in [-0.05, 0) is 30.4 Å².